The molecule has 128 valence electrons. The molecule has 0 radical (unpaired) electrons. The van der Waals surface area contributed by atoms with Gasteiger partial charge in [0, 0.05) is 32.8 Å². The summed E-state index contributed by atoms with van der Waals surface area (Å²) in [6.07, 6.45) is 0. The number of fused-ring (bicyclic) bond motifs is 2. The van der Waals surface area contributed by atoms with E-state index in [0.29, 0.717) is 16.3 Å². The van der Waals surface area contributed by atoms with Crippen molar-refractivity contribution in [2.75, 3.05) is 7.05 Å². The number of hydroxylamine groups is 2. The molecule has 1 aromatic heterocycles. The van der Waals surface area contributed by atoms with Gasteiger partial charge in [0.25, 0.3) is 5.91 Å². The van der Waals surface area contributed by atoms with E-state index in [1.54, 1.807) is 38.1 Å². The average molecular weight is 355 g/mol. The summed E-state index contributed by atoms with van der Waals surface area (Å²) in [6, 6.07) is 12.3. The molecule has 2 aromatic carbocycles. The second-order valence-corrected chi connectivity index (χ2v) is 7.09. The molecule has 0 aliphatic heterocycles. The van der Waals surface area contributed by atoms with Gasteiger partial charge in [-0.25, -0.2) is 4.79 Å². The van der Waals surface area contributed by atoms with Crippen molar-refractivity contribution >= 4 is 43.4 Å². The van der Waals surface area contributed by atoms with E-state index < -0.39 is 11.9 Å². The van der Waals surface area contributed by atoms with Gasteiger partial charge in [-0.1, -0.05) is 26.0 Å². The van der Waals surface area contributed by atoms with E-state index in [4.69, 9.17) is 4.84 Å². The largest absolute Gasteiger partial charge is 0.338 e. The van der Waals surface area contributed by atoms with Crippen molar-refractivity contribution in [1.82, 2.24) is 5.06 Å². The minimum Gasteiger partial charge on any atom is -0.338 e. The van der Waals surface area contributed by atoms with Crippen molar-refractivity contribution in [3.05, 3.63) is 58.3 Å². The highest BCUT2D eigenvalue weighted by Gasteiger charge is 2.19. The van der Waals surface area contributed by atoms with E-state index in [9.17, 15) is 14.4 Å². The normalized spacial score (nSPS) is 11.0. The Hall–Kier alpha value is -2.73. The molecule has 0 saturated carbocycles. The Morgan fingerprint density at radius 2 is 1.72 bits per heavy atom. The van der Waals surface area contributed by atoms with Crippen LogP contribution in [0.1, 0.15) is 24.2 Å². The van der Waals surface area contributed by atoms with Crippen molar-refractivity contribution < 1.29 is 14.4 Å². The molecule has 1 heterocycles. The molecule has 25 heavy (non-hydrogen) atoms. The molecule has 5 nitrogen and oxygen atoms in total. The van der Waals surface area contributed by atoms with Crippen LogP contribution in [0.25, 0.3) is 20.2 Å². The molecule has 0 saturated heterocycles. The lowest BCUT2D eigenvalue weighted by Gasteiger charge is -2.17. The Bertz CT molecular complexity index is 1040. The molecule has 0 atom stereocenters. The van der Waals surface area contributed by atoms with Gasteiger partial charge in [0.05, 0.1) is 5.92 Å². The molecule has 0 aliphatic carbocycles. The number of nitrogens with zero attached hydrogens (tertiary/aromatic N) is 1. The maximum absolute atomic E-state index is 12.7. The number of rotatable bonds is 2. The zero-order valence-corrected chi connectivity index (χ0v) is 14.9. The second-order valence-electron chi connectivity index (χ2n) is 6.01. The minimum atomic E-state index is -0.491. The molecular weight excluding hydrogens is 338 g/mol. The third-order valence-corrected chi connectivity index (χ3v) is 4.96. The van der Waals surface area contributed by atoms with E-state index in [2.05, 4.69) is 0 Å². The zero-order chi connectivity index (χ0) is 18.1. The average Bonchev–Trinajstić information content (AvgIpc) is 2.61. The quantitative estimate of drug-likeness (QED) is 0.520. The standard InChI is InChI=1S/C19H17NO4S/c1-11(2)19(23)24-20(3)18(22)12-8-9-16-14(10-12)17(21)13-6-4-5-7-15(13)25-16/h4-11H,1-3H3. The smallest absolute Gasteiger partial charge is 0.335 e. The summed E-state index contributed by atoms with van der Waals surface area (Å²) in [5.74, 6) is -1.31. The topological polar surface area (TPSA) is 63.7 Å². The molecule has 0 fully saturated rings. The number of carbonyl (C=O) groups is 2. The zero-order valence-electron chi connectivity index (χ0n) is 14.1. The predicted molar refractivity (Wildman–Crippen MR) is 98.6 cm³/mol. The van der Waals surface area contributed by atoms with Crippen molar-refractivity contribution in [2.45, 2.75) is 13.8 Å². The van der Waals surface area contributed by atoms with Gasteiger partial charge in [0.1, 0.15) is 0 Å². The van der Waals surface area contributed by atoms with Gasteiger partial charge in [-0.15, -0.1) is 11.3 Å². The van der Waals surface area contributed by atoms with Gasteiger partial charge in [0.2, 0.25) is 0 Å². The van der Waals surface area contributed by atoms with Crippen LogP contribution in [-0.2, 0) is 9.63 Å². The fraction of sp³-hybridized carbons (Fsp3) is 0.211. The Kier molecular flexibility index (Phi) is 4.55. The van der Waals surface area contributed by atoms with Crippen LogP contribution < -0.4 is 5.43 Å². The van der Waals surface area contributed by atoms with E-state index >= 15 is 0 Å². The van der Waals surface area contributed by atoms with Crippen LogP contribution in [0.2, 0.25) is 0 Å². The molecule has 0 spiro atoms. The van der Waals surface area contributed by atoms with E-state index in [1.165, 1.54) is 18.4 Å². The summed E-state index contributed by atoms with van der Waals surface area (Å²) in [4.78, 5) is 41.8. The van der Waals surface area contributed by atoms with Crippen LogP contribution in [0.3, 0.4) is 0 Å². The molecule has 0 bridgehead atoms. The molecule has 3 aromatic rings. The number of amides is 1. The maximum atomic E-state index is 12.7. The van der Waals surface area contributed by atoms with Crippen LogP contribution >= 0.6 is 11.3 Å². The summed E-state index contributed by atoms with van der Waals surface area (Å²) in [5, 5.41) is 2.01. The highest BCUT2D eigenvalue weighted by atomic mass is 32.1. The first kappa shape index (κ1) is 17.1. The van der Waals surface area contributed by atoms with Crippen molar-refractivity contribution in [1.29, 1.82) is 0 Å². The Morgan fingerprint density at radius 3 is 2.44 bits per heavy atom. The number of benzene rings is 2. The first-order valence-corrected chi connectivity index (χ1v) is 8.65. The number of carbonyl (C=O) groups excluding carboxylic acids is 2. The fourth-order valence-electron chi connectivity index (χ4n) is 2.40. The summed E-state index contributed by atoms with van der Waals surface area (Å²) in [6.45, 7) is 3.37. The first-order valence-electron chi connectivity index (χ1n) is 7.84. The summed E-state index contributed by atoms with van der Waals surface area (Å²) < 4.78 is 1.71. The number of hydrogen-bond donors (Lipinski definition) is 0. The molecule has 0 aliphatic rings. The molecule has 1 amide bonds. The lowest BCUT2D eigenvalue weighted by Crippen LogP contribution is -2.31. The summed E-state index contributed by atoms with van der Waals surface area (Å²) in [7, 11) is 1.38. The predicted octanol–water partition coefficient (Wildman–Crippen LogP) is 3.60. The van der Waals surface area contributed by atoms with Gasteiger partial charge < -0.3 is 4.84 Å². The SMILES string of the molecule is CC(C)C(=O)ON(C)C(=O)c1ccc2sc3ccccc3c(=O)c2c1. The van der Waals surface area contributed by atoms with Gasteiger partial charge in [-0.3, -0.25) is 9.59 Å². The summed E-state index contributed by atoms with van der Waals surface area (Å²) >= 11 is 1.50. The second kappa shape index (κ2) is 6.64. The Labute approximate surface area is 148 Å². The highest BCUT2D eigenvalue weighted by molar-refractivity contribution is 7.24. The fourth-order valence-corrected chi connectivity index (χ4v) is 3.45. The van der Waals surface area contributed by atoms with Gasteiger partial charge >= 0.3 is 5.97 Å². The Balaban J connectivity index is 2.02. The molecular formula is C19H17NO4S. The maximum Gasteiger partial charge on any atom is 0.335 e. The number of hydrogen-bond acceptors (Lipinski definition) is 5. The summed E-state index contributed by atoms with van der Waals surface area (Å²) in [5.41, 5.74) is 0.187. The van der Waals surface area contributed by atoms with E-state index in [0.717, 1.165) is 14.5 Å². The lowest BCUT2D eigenvalue weighted by molar-refractivity contribution is -0.177. The van der Waals surface area contributed by atoms with Gasteiger partial charge in [-0.2, -0.15) is 5.06 Å². The molecule has 3 rings (SSSR count). The first-order chi connectivity index (χ1) is 11.9. The lowest BCUT2D eigenvalue weighted by atomic mass is 10.1. The van der Waals surface area contributed by atoms with Gasteiger partial charge in [-0.05, 0) is 30.3 Å². The Morgan fingerprint density at radius 1 is 1.04 bits per heavy atom. The van der Waals surface area contributed by atoms with Crippen molar-refractivity contribution in [2.24, 2.45) is 5.92 Å². The van der Waals surface area contributed by atoms with E-state index in [-0.39, 0.29) is 11.3 Å². The monoisotopic (exact) mass is 355 g/mol. The molecule has 6 heteroatoms. The third kappa shape index (κ3) is 3.25. The van der Waals surface area contributed by atoms with Crippen LogP contribution in [0.15, 0.2) is 47.3 Å². The van der Waals surface area contributed by atoms with Gasteiger partial charge in [0.15, 0.2) is 5.43 Å². The van der Waals surface area contributed by atoms with Crippen molar-refractivity contribution in [3.63, 3.8) is 0 Å². The van der Waals surface area contributed by atoms with Crippen molar-refractivity contribution in [3.8, 4) is 0 Å². The molecule has 0 N–H and O–H groups in total. The van der Waals surface area contributed by atoms with E-state index in [1.807, 2.05) is 18.2 Å². The van der Waals surface area contributed by atoms with Crippen LogP contribution in [0.5, 0.6) is 0 Å². The van der Waals surface area contributed by atoms with Crippen LogP contribution in [-0.4, -0.2) is 24.0 Å². The van der Waals surface area contributed by atoms with Crippen LogP contribution in [0.4, 0.5) is 0 Å². The van der Waals surface area contributed by atoms with Crippen LogP contribution in [0, 0.1) is 5.92 Å². The third-order valence-electron chi connectivity index (χ3n) is 3.81. The highest BCUT2D eigenvalue weighted by Crippen LogP contribution is 2.25. The minimum absolute atomic E-state index is 0.110. The molecule has 0 unspecified atom stereocenters.